The van der Waals surface area contributed by atoms with E-state index in [1.54, 1.807) is 0 Å². The molecule has 0 saturated carbocycles. The standard InChI is InChI=1S/C16H18N4/c1-11-8-13(6-7-18-11)19-16-9-12(10-17)14-4-2-3-5-15(14)20-16/h2-5,9,11,13,18H,6-8H2,1H3,(H,19,20). The van der Waals surface area contributed by atoms with E-state index < -0.39 is 0 Å². The molecule has 1 aromatic carbocycles. The number of nitrogens with zero attached hydrogens (tertiary/aromatic N) is 2. The maximum atomic E-state index is 9.29. The molecule has 2 heterocycles. The highest BCUT2D eigenvalue weighted by Gasteiger charge is 2.18. The highest BCUT2D eigenvalue weighted by Crippen LogP contribution is 2.22. The molecule has 0 bridgehead atoms. The summed E-state index contributed by atoms with van der Waals surface area (Å²) in [5.41, 5.74) is 1.55. The second-order valence-electron chi connectivity index (χ2n) is 5.40. The van der Waals surface area contributed by atoms with Crippen LogP contribution in [-0.2, 0) is 0 Å². The number of aromatic nitrogens is 1. The number of rotatable bonds is 2. The molecule has 2 unspecified atom stereocenters. The molecule has 102 valence electrons. The second kappa shape index (κ2) is 5.48. The van der Waals surface area contributed by atoms with Crippen molar-refractivity contribution in [1.29, 1.82) is 5.26 Å². The molecule has 2 N–H and O–H groups in total. The molecule has 2 atom stereocenters. The summed E-state index contributed by atoms with van der Waals surface area (Å²) in [5.74, 6) is 0.805. The molecule has 0 amide bonds. The second-order valence-corrected chi connectivity index (χ2v) is 5.40. The van der Waals surface area contributed by atoms with Crippen LogP contribution in [0.3, 0.4) is 0 Å². The minimum Gasteiger partial charge on any atom is -0.367 e. The van der Waals surface area contributed by atoms with Crippen LogP contribution in [0.1, 0.15) is 25.3 Å². The van der Waals surface area contributed by atoms with E-state index in [-0.39, 0.29) is 0 Å². The molecule has 0 radical (unpaired) electrons. The van der Waals surface area contributed by atoms with Crippen molar-refractivity contribution in [1.82, 2.24) is 10.3 Å². The van der Waals surface area contributed by atoms with Crippen molar-refractivity contribution in [3.8, 4) is 6.07 Å². The van der Waals surface area contributed by atoms with E-state index in [9.17, 15) is 5.26 Å². The minimum absolute atomic E-state index is 0.423. The largest absolute Gasteiger partial charge is 0.367 e. The minimum atomic E-state index is 0.423. The molecule has 4 nitrogen and oxygen atoms in total. The Hall–Kier alpha value is -2.12. The Labute approximate surface area is 118 Å². The molecule has 3 rings (SSSR count). The first-order valence-corrected chi connectivity index (χ1v) is 7.06. The van der Waals surface area contributed by atoms with Gasteiger partial charge in [-0.1, -0.05) is 18.2 Å². The summed E-state index contributed by atoms with van der Waals surface area (Å²) in [5, 5.41) is 17.1. The zero-order valence-electron chi connectivity index (χ0n) is 11.6. The van der Waals surface area contributed by atoms with E-state index >= 15 is 0 Å². The molecule has 1 fully saturated rings. The Morgan fingerprint density at radius 3 is 3.05 bits per heavy atom. The molecule has 1 aliphatic rings. The van der Waals surface area contributed by atoms with Gasteiger partial charge in [-0.3, -0.25) is 0 Å². The van der Waals surface area contributed by atoms with Crippen molar-refractivity contribution in [3.63, 3.8) is 0 Å². The monoisotopic (exact) mass is 266 g/mol. The lowest BCUT2D eigenvalue weighted by molar-refractivity contribution is 0.396. The van der Waals surface area contributed by atoms with Crippen molar-refractivity contribution in [2.24, 2.45) is 0 Å². The quantitative estimate of drug-likeness (QED) is 0.877. The molecule has 0 aliphatic carbocycles. The van der Waals surface area contributed by atoms with E-state index in [4.69, 9.17) is 0 Å². The first-order valence-electron chi connectivity index (χ1n) is 7.06. The Morgan fingerprint density at radius 2 is 2.25 bits per heavy atom. The number of fused-ring (bicyclic) bond motifs is 1. The molecule has 0 spiro atoms. The summed E-state index contributed by atoms with van der Waals surface area (Å²) < 4.78 is 0. The number of benzene rings is 1. The summed E-state index contributed by atoms with van der Waals surface area (Å²) in [6.45, 7) is 3.22. The Kier molecular flexibility index (Phi) is 3.53. The van der Waals surface area contributed by atoms with Gasteiger partial charge in [0.05, 0.1) is 17.1 Å². The van der Waals surface area contributed by atoms with E-state index in [0.29, 0.717) is 17.6 Å². The number of piperidine rings is 1. The average molecular weight is 266 g/mol. The van der Waals surface area contributed by atoms with Crippen LogP contribution in [-0.4, -0.2) is 23.6 Å². The number of hydrogen-bond donors (Lipinski definition) is 2. The van der Waals surface area contributed by atoms with Crippen molar-refractivity contribution < 1.29 is 0 Å². The van der Waals surface area contributed by atoms with Crippen LogP contribution in [0, 0.1) is 11.3 Å². The van der Waals surface area contributed by atoms with Gasteiger partial charge in [0.2, 0.25) is 0 Å². The van der Waals surface area contributed by atoms with E-state index in [2.05, 4.69) is 28.6 Å². The number of pyridine rings is 1. The summed E-state index contributed by atoms with van der Waals surface area (Å²) in [7, 11) is 0. The third-order valence-electron chi connectivity index (χ3n) is 3.81. The summed E-state index contributed by atoms with van der Waals surface area (Å²) >= 11 is 0. The van der Waals surface area contributed by atoms with Gasteiger partial charge in [-0.15, -0.1) is 0 Å². The Balaban J connectivity index is 1.90. The number of para-hydroxylation sites is 1. The fraction of sp³-hybridized carbons (Fsp3) is 0.375. The highest BCUT2D eigenvalue weighted by atomic mass is 15.0. The topological polar surface area (TPSA) is 60.7 Å². The van der Waals surface area contributed by atoms with Gasteiger partial charge in [0.1, 0.15) is 5.82 Å². The van der Waals surface area contributed by atoms with Gasteiger partial charge in [-0.2, -0.15) is 5.26 Å². The normalized spacial score (nSPS) is 22.4. The maximum Gasteiger partial charge on any atom is 0.128 e. The lowest BCUT2D eigenvalue weighted by atomic mass is 10.0. The van der Waals surface area contributed by atoms with E-state index in [0.717, 1.165) is 36.1 Å². The molecular weight excluding hydrogens is 248 g/mol. The predicted molar refractivity (Wildman–Crippen MR) is 80.6 cm³/mol. The molecule has 1 saturated heterocycles. The Bertz CT molecular complexity index is 659. The van der Waals surface area contributed by atoms with Gasteiger partial charge in [0, 0.05) is 17.5 Å². The number of nitrogens with one attached hydrogen (secondary N) is 2. The maximum absolute atomic E-state index is 9.29. The van der Waals surface area contributed by atoms with E-state index in [1.165, 1.54) is 0 Å². The first-order chi connectivity index (χ1) is 9.76. The SMILES string of the molecule is CC1CC(Nc2cc(C#N)c3ccccc3n2)CCN1. The lowest BCUT2D eigenvalue weighted by Crippen LogP contribution is -2.41. The Morgan fingerprint density at radius 1 is 1.40 bits per heavy atom. The van der Waals surface area contributed by atoms with Crippen molar-refractivity contribution in [2.75, 3.05) is 11.9 Å². The number of hydrogen-bond acceptors (Lipinski definition) is 4. The van der Waals surface area contributed by atoms with E-state index in [1.807, 2.05) is 30.3 Å². The fourth-order valence-electron chi connectivity index (χ4n) is 2.81. The van der Waals surface area contributed by atoms with Crippen LogP contribution >= 0.6 is 0 Å². The zero-order chi connectivity index (χ0) is 13.9. The van der Waals surface area contributed by atoms with Crippen molar-refractivity contribution in [2.45, 2.75) is 31.8 Å². The van der Waals surface area contributed by atoms with Gasteiger partial charge in [0.25, 0.3) is 0 Å². The van der Waals surface area contributed by atoms with Crippen LogP contribution in [0.4, 0.5) is 5.82 Å². The first kappa shape index (κ1) is 12.9. The predicted octanol–water partition coefficient (Wildman–Crippen LogP) is 2.66. The van der Waals surface area contributed by atoms with Gasteiger partial charge in [-0.05, 0) is 38.4 Å². The molecule has 1 aliphatic heterocycles. The smallest absolute Gasteiger partial charge is 0.128 e. The fourth-order valence-corrected chi connectivity index (χ4v) is 2.81. The average Bonchev–Trinajstić information content (AvgIpc) is 2.46. The van der Waals surface area contributed by atoms with Crippen LogP contribution in [0.2, 0.25) is 0 Å². The van der Waals surface area contributed by atoms with Crippen LogP contribution < -0.4 is 10.6 Å². The van der Waals surface area contributed by atoms with Gasteiger partial charge < -0.3 is 10.6 Å². The van der Waals surface area contributed by atoms with Gasteiger partial charge in [-0.25, -0.2) is 4.98 Å². The summed E-state index contributed by atoms with van der Waals surface area (Å²) in [4.78, 5) is 4.62. The molecule has 2 aromatic rings. The third-order valence-corrected chi connectivity index (χ3v) is 3.81. The molecule has 1 aromatic heterocycles. The van der Waals surface area contributed by atoms with Gasteiger partial charge in [0.15, 0.2) is 0 Å². The zero-order valence-corrected chi connectivity index (χ0v) is 11.6. The summed E-state index contributed by atoms with van der Waals surface area (Å²) in [6.07, 6.45) is 2.16. The summed E-state index contributed by atoms with van der Waals surface area (Å²) in [6, 6.07) is 12.8. The van der Waals surface area contributed by atoms with Gasteiger partial charge >= 0.3 is 0 Å². The lowest BCUT2D eigenvalue weighted by Gasteiger charge is -2.29. The molecular formula is C16H18N4. The van der Waals surface area contributed by atoms with Crippen molar-refractivity contribution in [3.05, 3.63) is 35.9 Å². The highest BCUT2D eigenvalue weighted by molar-refractivity contribution is 5.86. The third kappa shape index (κ3) is 2.59. The van der Waals surface area contributed by atoms with Crippen LogP contribution in [0.15, 0.2) is 30.3 Å². The number of nitriles is 1. The van der Waals surface area contributed by atoms with Crippen LogP contribution in [0.5, 0.6) is 0 Å². The molecule has 4 heteroatoms. The molecule has 20 heavy (non-hydrogen) atoms. The van der Waals surface area contributed by atoms with Crippen molar-refractivity contribution >= 4 is 16.7 Å². The number of anilines is 1. The van der Waals surface area contributed by atoms with Crippen LogP contribution in [0.25, 0.3) is 10.9 Å².